The van der Waals surface area contributed by atoms with Crippen LogP contribution in [0.2, 0.25) is 0 Å². The summed E-state index contributed by atoms with van der Waals surface area (Å²) in [4.78, 5) is 18.8. The molecule has 0 atom stereocenters. The first-order chi connectivity index (χ1) is 12.4. The molecular formula is C18H26N4O3S. The van der Waals surface area contributed by atoms with Gasteiger partial charge in [-0.2, -0.15) is 0 Å². The molecule has 26 heavy (non-hydrogen) atoms. The number of anilines is 2. The number of benzene rings is 1. The smallest absolute Gasteiger partial charge is 0.323 e. The second kappa shape index (κ2) is 7.67. The molecule has 0 spiro atoms. The highest BCUT2D eigenvalue weighted by Crippen LogP contribution is 2.38. The maximum atomic E-state index is 12.5. The zero-order valence-corrected chi connectivity index (χ0v) is 16.3. The van der Waals surface area contributed by atoms with Gasteiger partial charge >= 0.3 is 6.03 Å². The van der Waals surface area contributed by atoms with E-state index in [1.807, 2.05) is 19.1 Å². The molecule has 2 heterocycles. The molecule has 7 nitrogen and oxygen atoms in total. The molecule has 1 aromatic heterocycles. The van der Waals surface area contributed by atoms with E-state index in [1.165, 1.54) is 11.3 Å². The minimum Gasteiger partial charge on any atom is -0.494 e. The van der Waals surface area contributed by atoms with Crippen LogP contribution in [0.25, 0.3) is 10.2 Å². The van der Waals surface area contributed by atoms with Gasteiger partial charge < -0.3 is 20.1 Å². The van der Waals surface area contributed by atoms with Crippen LogP contribution in [0.5, 0.6) is 5.75 Å². The Labute approximate surface area is 157 Å². The van der Waals surface area contributed by atoms with Gasteiger partial charge in [0, 0.05) is 19.6 Å². The molecule has 0 radical (unpaired) electrons. The first kappa shape index (κ1) is 18.7. The van der Waals surface area contributed by atoms with Gasteiger partial charge in [0.05, 0.1) is 23.1 Å². The Kier molecular flexibility index (Phi) is 5.52. The number of methoxy groups -OCH3 is 1. The lowest BCUT2D eigenvalue weighted by Gasteiger charge is -2.35. The largest absolute Gasteiger partial charge is 0.494 e. The van der Waals surface area contributed by atoms with Crippen LogP contribution in [-0.2, 0) is 0 Å². The summed E-state index contributed by atoms with van der Waals surface area (Å²) >= 11 is 1.43. The molecule has 2 amide bonds. The third kappa shape index (κ3) is 4.02. The molecule has 8 heteroatoms. The van der Waals surface area contributed by atoms with Gasteiger partial charge in [-0.3, -0.25) is 5.32 Å². The zero-order valence-electron chi connectivity index (χ0n) is 15.5. The number of nitrogens with zero attached hydrogens (tertiary/aromatic N) is 2. The number of thiazole rings is 1. The first-order valence-corrected chi connectivity index (χ1v) is 9.75. The normalized spacial score (nSPS) is 16.5. The van der Waals surface area contributed by atoms with E-state index >= 15 is 0 Å². The van der Waals surface area contributed by atoms with Crippen LogP contribution < -0.4 is 15.4 Å². The summed E-state index contributed by atoms with van der Waals surface area (Å²) in [6.45, 7) is 5.87. The Balaban J connectivity index is 1.78. The van der Waals surface area contributed by atoms with E-state index in [-0.39, 0.29) is 6.03 Å². The van der Waals surface area contributed by atoms with E-state index in [2.05, 4.69) is 22.5 Å². The van der Waals surface area contributed by atoms with E-state index in [0.29, 0.717) is 36.8 Å². The van der Waals surface area contributed by atoms with Crippen molar-refractivity contribution < 1.29 is 14.6 Å². The fourth-order valence-electron chi connectivity index (χ4n) is 2.96. The summed E-state index contributed by atoms with van der Waals surface area (Å²) in [6, 6.07) is 3.69. The number of aromatic nitrogens is 1. The molecule has 2 aromatic rings. The van der Waals surface area contributed by atoms with Gasteiger partial charge in [0.1, 0.15) is 11.3 Å². The van der Waals surface area contributed by atoms with Gasteiger partial charge in [-0.25, -0.2) is 9.78 Å². The number of carbonyl (C=O) groups excluding carboxylic acids is 1. The van der Waals surface area contributed by atoms with Gasteiger partial charge in [0.15, 0.2) is 5.13 Å². The Morgan fingerprint density at radius 1 is 1.42 bits per heavy atom. The maximum absolute atomic E-state index is 12.5. The van der Waals surface area contributed by atoms with Crippen molar-refractivity contribution >= 4 is 38.4 Å². The second-order valence-corrected chi connectivity index (χ2v) is 7.85. The molecule has 0 aliphatic carbocycles. The molecule has 3 N–H and O–H groups in total. The highest BCUT2D eigenvalue weighted by atomic mass is 32.1. The van der Waals surface area contributed by atoms with Crippen LogP contribution in [0.15, 0.2) is 12.1 Å². The fourth-order valence-corrected chi connectivity index (χ4v) is 3.92. The Bertz CT molecular complexity index is 780. The number of likely N-dealkylation sites (tertiary alicyclic amines) is 1. The van der Waals surface area contributed by atoms with E-state index in [0.717, 1.165) is 28.9 Å². The molecule has 1 fully saturated rings. The van der Waals surface area contributed by atoms with Gasteiger partial charge in [-0.15, -0.1) is 0 Å². The molecule has 1 aliphatic rings. The topological polar surface area (TPSA) is 86.7 Å². The van der Waals surface area contributed by atoms with E-state index in [9.17, 15) is 9.90 Å². The number of amides is 2. The molecule has 1 aliphatic heterocycles. The van der Waals surface area contributed by atoms with E-state index in [4.69, 9.17) is 4.74 Å². The van der Waals surface area contributed by atoms with Crippen molar-refractivity contribution in [3.05, 3.63) is 12.1 Å². The number of nitrogens with one attached hydrogen (secondary N) is 2. The minimum atomic E-state index is -0.681. The zero-order chi connectivity index (χ0) is 18.7. The van der Waals surface area contributed by atoms with Crippen molar-refractivity contribution in [2.45, 2.75) is 38.7 Å². The lowest BCUT2D eigenvalue weighted by atomic mass is 9.94. The highest BCUT2D eigenvalue weighted by molar-refractivity contribution is 7.23. The number of urea groups is 1. The number of fused-ring (bicyclic) bond motifs is 1. The standard InChI is InChI=1S/C18H26N4O3S/c1-4-9-19-12-5-6-13(25-3)14-15(12)26-16(20-14)21-17(23)22-10-7-18(2,24)8-11-22/h5-6,19,24H,4,7-11H2,1-3H3,(H,20,21,23). The lowest BCUT2D eigenvalue weighted by Crippen LogP contribution is -2.46. The Morgan fingerprint density at radius 2 is 2.15 bits per heavy atom. The van der Waals surface area contributed by atoms with Crippen molar-refractivity contribution in [1.29, 1.82) is 0 Å². The quantitative estimate of drug-likeness (QED) is 0.741. The molecule has 1 aromatic carbocycles. The summed E-state index contributed by atoms with van der Waals surface area (Å²) in [7, 11) is 1.62. The van der Waals surface area contributed by atoms with Gasteiger partial charge in [-0.05, 0) is 38.3 Å². The molecule has 142 valence electrons. The predicted molar refractivity (Wildman–Crippen MR) is 105 cm³/mol. The average molecular weight is 378 g/mol. The fraction of sp³-hybridized carbons (Fsp3) is 0.556. The second-order valence-electron chi connectivity index (χ2n) is 6.85. The first-order valence-electron chi connectivity index (χ1n) is 8.93. The average Bonchev–Trinajstić information content (AvgIpc) is 3.03. The van der Waals surface area contributed by atoms with Crippen molar-refractivity contribution in [2.75, 3.05) is 37.4 Å². The molecule has 0 saturated carbocycles. The number of carbonyl (C=O) groups is 1. The minimum absolute atomic E-state index is 0.179. The van der Waals surface area contributed by atoms with Crippen LogP contribution in [-0.4, -0.2) is 53.4 Å². The summed E-state index contributed by atoms with van der Waals surface area (Å²) in [5.41, 5.74) is 1.06. The number of hydrogen-bond acceptors (Lipinski definition) is 6. The van der Waals surface area contributed by atoms with E-state index in [1.54, 1.807) is 12.0 Å². The molecule has 3 rings (SSSR count). The van der Waals surface area contributed by atoms with Crippen molar-refractivity contribution in [3.8, 4) is 5.75 Å². The molecule has 1 saturated heterocycles. The van der Waals surface area contributed by atoms with Gasteiger partial charge in [-0.1, -0.05) is 18.3 Å². The highest BCUT2D eigenvalue weighted by Gasteiger charge is 2.30. The SMILES string of the molecule is CCCNc1ccc(OC)c2nc(NC(=O)N3CCC(C)(O)CC3)sc12. The van der Waals surface area contributed by atoms with Crippen molar-refractivity contribution in [3.63, 3.8) is 0 Å². The number of rotatable bonds is 5. The van der Waals surface area contributed by atoms with Crippen LogP contribution in [0.1, 0.15) is 33.1 Å². The van der Waals surface area contributed by atoms with Crippen LogP contribution >= 0.6 is 11.3 Å². The third-order valence-electron chi connectivity index (χ3n) is 4.63. The van der Waals surface area contributed by atoms with Crippen LogP contribution in [0, 0.1) is 0 Å². The monoisotopic (exact) mass is 378 g/mol. The number of piperidine rings is 1. The Morgan fingerprint density at radius 3 is 2.81 bits per heavy atom. The maximum Gasteiger partial charge on any atom is 0.323 e. The third-order valence-corrected chi connectivity index (χ3v) is 5.64. The molecule has 0 bridgehead atoms. The van der Waals surface area contributed by atoms with Gasteiger partial charge in [0.2, 0.25) is 0 Å². The summed E-state index contributed by atoms with van der Waals surface area (Å²) in [6.07, 6.45) is 2.19. The number of ether oxygens (including phenoxy) is 1. The summed E-state index contributed by atoms with van der Waals surface area (Å²) in [5.74, 6) is 0.688. The lowest BCUT2D eigenvalue weighted by molar-refractivity contribution is 0.00570. The van der Waals surface area contributed by atoms with E-state index < -0.39 is 5.60 Å². The predicted octanol–water partition coefficient (Wildman–Crippen LogP) is 3.51. The molecule has 0 unspecified atom stereocenters. The van der Waals surface area contributed by atoms with Crippen LogP contribution in [0.4, 0.5) is 15.6 Å². The molecular weight excluding hydrogens is 352 g/mol. The summed E-state index contributed by atoms with van der Waals surface area (Å²) in [5, 5.41) is 16.9. The van der Waals surface area contributed by atoms with Gasteiger partial charge in [0.25, 0.3) is 0 Å². The van der Waals surface area contributed by atoms with Crippen molar-refractivity contribution in [2.24, 2.45) is 0 Å². The van der Waals surface area contributed by atoms with Crippen LogP contribution in [0.3, 0.4) is 0 Å². The summed E-state index contributed by atoms with van der Waals surface area (Å²) < 4.78 is 6.38. The Hall–Kier alpha value is -2.06. The van der Waals surface area contributed by atoms with Crippen molar-refractivity contribution in [1.82, 2.24) is 9.88 Å². The number of hydrogen-bond donors (Lipinski definition) is 3. The number of aliphatic hydroxyl groups is 1.